The van der Waals surface area contributed by atoms with Gasteiger partial charge in [-0.05, 0) is 23.3 Å². The van der Waals surface area contributed by atoms with Gasteiger partial charge in [0.1, 0.15) is 0 Å². The Morgan fingerprint density at radius 1 is 0.812 bits per heavy atom. The van der Waals surface area contributed by atoms with Crippen LogP contribution in [0.2, 0.25) is 0 Å². The maximum absolute atomic E-state index is 10.1. The van der Waals surface area contributed by atoms with Gasteiger partial charge in [0.05, 0.1) is 5.69 Å². The Bertz CT molecular complexity index is 451. The van der Waals surface area contributed by atoms with Crippen LogP contribution in [0.3, 0.4) is 0 Å². The predicted molar refractivity (Wildman–Crippen MR) is 64.7 cm³/mol. The van der Waals surface area contributed by atoms with Crippen molar-refractivity contribution in [3.05, 3.63) is 54.6 Å². The van der Waals surface area contributed by atoms with Gasteiger partial charge in [-0.3, -0.25) is 15.6 Å². The Balaban J connectivity index is 2.16. The average molecular weight is 212 g/mol. The Labute approximate surface area is 94.1 Å². The third kappa shape index (κ3) is 2.39. The fourth-order valence-electron chi connectivity index (χ4n) is 1.49. The van der Waals surface area contributed by atoms with Crippen molar-refractivity contribution in [1.29, 1.82) is 0 Å². The highest BCUT2D eigenvalue weighted by Gasteiger charge is 1.96. The second-order valence-corrected chi connectivity index (χ2v) is 3.33. The molecular weight excluding hydrogens is 200 g/mol. The molecule has 0 saturated carbocycles. The lowest BCUT2D eigenvalue weighted by Crippen LogP contribution is -2.18. The monoisotopic (exact) mass is 212 g/mol. The van der Waals surface area contributed by atoms with Gasteiger partial charge in [-0.15, -0.1) is 0 Å². The molecule has 0 aliphatic carbocycles. The summed E-state index contributed by atoms with van der Waals surface area (Å²) >= 11 is 0. The molecule has 0 heterocycles. The van der Waals surface area contributed by atoms with Gasteiger partial charge in [0.15, 0.2) is 0 Å². The van der Waals surface area contributed by atoms with Gasteiger partial charge < -0.3 is 0 Å². The molecule has 80 valence electrons. The van der Waals surface area contributed by atoms with E-state index in [1.54, 1.807) is 0 Å². The zero-order valence-corrected chi connectivity index (χ0v) is 8.68. The normalized spacial score (nSPS) is 9.50. The fraction of sp³-hybridized carbons (Fsp3) is 0. The first-order chi connectivity index (χ1) is 7.90. The summed E-state index contributed by atoms with van der Waals surface area (Å²) < 4.78 is 0. The van der Waals surface area contributed by atoms with Crippen LogP contribution in [0.4, 0.5) is 5.69 Å². The van der Waals surface area contributed by atoms with Crippen molar-refractivity contribution in [3.63, 3.8) is 0 Å². The van der Waals surface area contributed by atoms with Gasteiger partial charge in [0.25, 0.3) is 0 Å². The van der Waals surface area contributed by atoms with Crippen molar-refractivity contribution >= 4 is 12.1 Å². The molecule has 2 N–H and O–H groups in total. The van der Waals surface area contributed by atoms with E-state index in [4.69, 9.17) is 0 Å². The van der Waals surface area contributed by atoms with Crippen LogP contribution >= 0.6 is 0 Å². The summed E-state index contributed by atoms with van der Waals surface area (Å²) in [6.45, 7) is 0. The Morgan fingerprint density at radius 3 is 2.06 bits per heavy atom. The number of carbonyl (C=O) groups excluding carboxylic acids is 1. The highest BCUT2D eigenvalue weighted by Crippen LogP contribution is 2.20. The molecule has 0 bridgehead atoms. The number of hydrogen-bond donors (Lipinski definition) is 2. The van der Waals surface area contributed by atoms with Crippen molar-refractivity contribution < 1.29 is 4.79 Å². The SMILES string of the molecule is O=CNNc1ccc(-c2ccccc2)cc1. The smallest absolute Gasteiger partial charge is 0.225 e. The standard InChI is InChI=1S/C13H12N2O/c16-10-14-15-13-8-6-12(7-9-13)11-4-2-1-3-5-11/h1-10,15H,(H,14,16). The zero-order chi connectivity index (χ0) is 11.2. The number of nitrogens with one attached hydrogen (secondary N) is 2. The quantitative estimate of drug-likeness (QED) is 0.603. The van der Waals surface area contributed by atoms with Crippen LogP contribution in [-0.2, 0) is 4.79 Å². The number of benzene rings is 2. The first-order valence-corrected chi connectivity index (χ1v) is 5.01. The number of anilines is 1. The van der Waals surface area contributed by atoms with Gasteiger partial charge in [0.2, 0.25) is 6.41 Å². The minimum Gasteiger partial charge on any atom is -0.299 e. The van der Waals surface area contributed by atoms with Crippen molar-refractivity contribution in [2.24, 2.45) is 0 Å². The lowest BCUT2D eigenvalue weighted by molar-refractivity contribution is -0.109. The number of carbonyl (C=O) groups is 1. The van der Waals surface area contributed by atoms with E-state index in [0.29, 0.717) is 6.41 Å². The summed E-state index contributed by atoms with van der Waals surface area (Å²) in [7, 11) is 0. The van der Waals surface area contributed by atoms with Crippen LogP contribution in [0.1, 0.15) is 0 Å². The Morgan fingerprint density at radius 2 is 1.44 bits per heavy atom. The van der Waals surface area contributed by atoms with Gasteiger partial charge in [-0.25, -0.2) is 0 Å². The van der Waals surface area contributed by atoms with E-state index in [2.05, 4.69) is 23.0 Å². The van der Waals surface area contributed by atoms with Crippen molar-refractivity contribution in [3.8, 4) is 11.1 Å². The molecule has 0 spiro atoms. The zero-order valence-electron chi connectivity index (χ0n) is 8.68. The maximum atomic E-state index is 10.1. The molecule has 0 radical (unpaired) electrons. The van der Waals surface area contributed by atoms with Crippen LogP contribution in [0.15, 0.2) is 54.6 Å². The summed E-state index contributed by atoms with van der Waals surface area (Å²) in [6.07, 6.45) is 0.602. The number of rotatable bonds is 4. The second kappa shape index (κ2) is 4.98. The van der Waals surface area contributed by atoms with Crippen molar-refractivity contribution in [2.75, 3.05) is 5.43 Å². The predicted octanol–water partition coefficient (Wildman–Crippen LogP) is 2.43. The van der Waals surface area contributed by atoms with Crippen LogP contribution in [0.25, 0.3) is 11.1 Å². The van der Waals surface area contributed by atoms with Crippen LogP contribution in [0, 0.1) is 0 Å². The van der Waals surface area contributed by atoms with E-state index < -0.39 is 0 Å². The molecule has 0 aromatic heterocycles. The van der Waals surface area contributed by atoms with E-state index in [-0.39, 0.29) is 0 Å². The summed E-state index contributed by atoms with van der Waals surface area (Å²) in [4.78, 5) is 10.1. The highest BCUT2D eigenvalue weighted by molar-refractivity contribution is 5.66. The molecule has 0 saturated heterocycles. The molecule has 16 heavy (non-hydrogen) atoms. The molecule has 1 amide bonds. The Hall–Kier alpha value is -2.29. The minimum absolute atomic E-state index is 0.602. The van der Waals surface area contributed by atoms with Crippen LogP contribution in [-0.4, -0.2) is 6.41 Å². The number of amides is 1. The third-order valence-corrected chi connectivity index (χ3v) is 2.27. The van der Waals surface area contributed by atoms with Gasteiger partial charge >= 0.3 is 0 Å². The largest absolute Gasteiger partial charge is 0.299 e. The first-order valence-electron chi connectivity index (χ1n) is 5.01. The van der Waals surface area contributed by atoms with E-state index in [0.717, 1.165) is 11.3 Å². The fourth-order valence-corrected chi connectivity index (χ4v) is 1.49. The number of hydrogen-bond acceptors (Lipinski definition) is 2. The molecule has 2 rings (SSSR count). The molecule has 0 unspecified atom stereocenters. The summed E-state index contributed by atoms with van der Waals surface area (Å²) in [5, 5.41) is 0. The van der Waals surface area contributed by atoms with E-state index in [9.17, 15) is 4.79 Å². The van der Waals surface area contributed by atoms with Gasteiger partial charge in [-0.2, -0.15) is 0 Å². The maximum Gasteiger partial charge on any atom is 0.225 e. The molecule has 0 fully saturated rings. The lowest BCUT2D eigenvalue weighted by atomic mass is 10.1. The van der Waals surface area contributed by atoms with Crippen molar-refractivity contribution in [1.82, 2.24) is 5.43 Å². The lowest BCUT2D eigenvalue weighted by Gasteiger charge is -2.05. The first kappa shape index (κ1) is 10.2. The van der Waals surface area contributed by atoms with E-state index in [1.165, 1.54) is 5.56 Å². The third-order valence-electron chi connectivity index (χ3n) is 2.27. The van der Waals surface area contributed by atoms with Crippen molar-refractivity contribution in [2.45, 2.75) is 0 Å². The topological polar surface area (TPSA) is 41.1 Å². The molecule has 2 aromatic carbocycles. The van der Waals surface area contributed by atoms with Gasteiger partial charge in [0, 0.05) is 0 Å². The minimum atomic E-state index is 0.602. The second-order valence-electron chi connectivity index (χ2n) is 3.33. The molecule has 2 aromatic rings. The highest BCUT2D eigenvalue weighted by atomic mass is 16.1. The van der Waals surface area contributed by atoms with E-state index in [1.807, 2.05) is 42.5 Å². The average Bonchev–Trinajstić information content (AvgIpc) is 2.38. The summed E-state index contributed by atoms with van der Waals surface area (Å²) in [5.74, 6) is 0. The molecule has 3 heteroatoms. The van der Waals surface area contributed by atoms with Crippen LogP contribution in [0.5, 0.6) is 0 Å². The van der Waals surface area contributed by atoms with Gasteiger partial charge in [-0.1, -0.05) is 42.5 Å². The van der Waals surface area contributed by atoms with E-state index >= 15 is 0 Å². The summed E-state index contributed by atoms with van der Waals surface area (Å²) in [5.41, 5.74) is 8.33. The molecular formula is C13H12N2O. The Kier molecular flexibility index (Phi) is 3.18. The molecule has 0 atom stereocenters. The number of hydrazine groups is 1. The molecule has 0 aliphatic rings. The summed E-state index contributed by atoms with van der Waals surface area (Å²) in [6, 6.07) is 18.0. The molecule has 3 nitrogen and oxygen atoms in total. The molecule has 0 aliphatic heterocycles. The van der Waals surface area contributed by atoms with Crippen LogP contribution < -0.4 is 10.9 Å².